The molecule has 0 spiro atoms. The summed E-state index contributed by atoms with van der Waals surface area (Å²) in [6, 6.07) is 7.30. The van der Waals surface area contributed by atoms with Gasteiger partial charge in [-0.05, 0) is 25.0 Å². The molecule has 0 saturated heterocycles. The largest absolute Gasteiger partial charge is 0.481 e. The summed E-state index contributed by atoms with van der Waals surface area (Å²) in [4.78, 5) is 24.0. The molecule has 1 heterocycles. The number of rotatable bonds is 2. The van der Waals surface area contributed by atoms with Crippen molar-refractivity contribution >= 4 is 27.6 Å². The molecule has 1 N–H and O–H groups in total. The van der Waals surface area contributed by atoms with E-state index in [1.807, 2.05) is 24.3 Å². The summed E-state index contributed by atoms with van der Waals surface area (Å²) >= 11 is 1.40. The van der Waals surface area contributed by atoms with E-state index < -0.39 is 11.9 Å². The standard InChI is InChI=1S/C15H17NO3S/c17-14-11-7-4-5-9-13(11)20-16(14)12-8-3-1-2-6-10(12)15(18)19/h4-5,7,9-10,12H,1-3,6,8H2,(H,18,19). The van der Waals surface area contributed by atoms with Crippen molar-refractivity contribution in [3.8, 4) is 0 Å². The Hall–Kier alpha value is -1.62. The molecule has 1 fully saturated rings. The number of carboxylic acid groups (broad SMARTS) is 1. The van der Waals surface area contributed by atoms with E-state index in [9.17, 15) is 14.7 Å². The van der Waals surface area contributed by atoms with E-state index in [1.54, 1.807) is 3.96 Å². The first kappa shape index (κ1) is 13.4. The van der Waals surface area contributed by atoms with Gasteiger partial charge >= 0.3 is 5.97 Å². The predicted octanol–water partition coefficient (Wildman–Crippen LogP) is 3.27. The number of fused-ring (bicyclic) bond motifs is 1. The van der Waals surface area contributed by atoms with Crippen molar-refractivity contribution in [2.24, 2.45) is 5.92 Å². The molecule has 1 saturated carbocycles. The van der Waals surface area contributed by atoms with Crippen LogP contribution in [0.4, 0.5) is 0 Å². The highest BCUT2D eigenvalue weighted by atomic mass is 32.1. The average Bonchev–Trinajstić information content (AvgIpc) is 2.64. The lowest BCUT2D eigenvalue weighted by molar-refractivity contribution is -0.143. The van der Waals surface area contributed by atoms with Gasteiger partial charge in [0.2, 0.25) is 0 Å². The maximum Gasteiger partial charge on any atom is 0.308 e. The molecule has 0 radical (unpaired) electrons. The topological polar surface area (TPSA) is 59.3 Å². The molecule has 2 aromatic rings. The number of hydrogen-bond donors (Lipinski definition) is 1. The molecule has 0 amide bonds. The second kappa shape index (κ2) is 5.40. The second-order valence-electron chi connectivity index (χ2n) is 5.37. The van der Waals surface area contributed by atoms with Crippen LogP contribution in [0.25, 0.3) is 10.1 Å². The van der Waals surface area contributed by atoms with Gasteiger partial charge in [-0.2, -0.15) is 0 Å². The Morgan fingerprint density at radius 1 is 1.20 bits per heavy atom. The lowest BCUT2D eigenvalue weighted by Crippen LogP contribution is -2.29. The molecule has 0 bridgehead atoms. The Labute approximate surface area is 120 Å². The monoisotopic (exact) mass is 291 g/mol. The molecule has 5 heteroatoms. The van der Waals surface area contributed by atoms with Crippen LogP contribution in [0.2, 0.25) is 0 Å². The fourth-order valence-electron chi connectivity index (χ4n) is 3.06. The number of hydrogen-bond acceptors (Lipinski definition) is 3. The van der Waals surface area contributed by atoms with Crippen LogP contribution in [0.1, 0.15) is 38.1 Å². The van der Waals surface area contributed by atoms with Gasteiger partial charge in [0.15, 0.2) is 0 Å². The third kappa shape index (κ3) is 2.26. The van der Waals surface area contributed by atoms with Gasteiger partial charge in [-0.15, -0.1) is 0 Å². The third-order valence-corrected chi connectivity index (χ3v) is 5.30. The number of carboxylic acids is 1. The number of aliphatic carboxylic acids is 1. The van der Waals surface area contributed by atoms with Gasteiger partial charge in [-0.1, -0.05) is 42.9 Å². The van der Waals surface area contributed by atoms with Crippen LogP contribution in [0.3, 0.4) is 0 Å². The maximum atomic E-state index is 12.5. The lowest BCUT2D eigenvalue weighted by Gasteiger charge is -2.21. The molecule has 0 aliphatic heterocycles. The Bertz CT molecular complexity index is 688. The van der Waals surface area contributed by atoms with E-state index in [1.165, 1.54) is 11.5 Å². The normalized spacial score (nSPS) is 23.6. The van der Waals surface area contributed by atoms with Crippen LogP contribution in [-0.4, -0.2) is 15.0 Å². The van der Waals surface area contributed by atoms with Crippen LogP contribution in [0.5, 0.6) is 0 Å². The number of carbonyl (C=O) groups is 1. The molecule has 20 heavy (non-hydrogen) atoms. The molecular formula is C15H17NO3S. The minimum absolute atomic E-state index is 0.0382. The Kier molecular flexibility index (Phi) is 3.61. The van der Waals surface area contributed by atoms with E-state index >= 15 is 0 Å². The third-order valence-electron chi connectivity index (χ3n) is 4.11. The summed E-state index contributed by atoms with van der Waals surface area (Å²) in [5.74, 6) is -1.22. The minimum Gasteiger partial charge on any atom is -0.481 e. The first-order chi connectivity index (χ1) is 9.68. The number of nitrogens with zero attached hydrogens (tertiary/aromatic N) is 1. The van der Waals surface area contributed by atoms with E-state index in [-0.39, 0.29) is 11.6 Å². The summed E-state index contributed by atoms with van der Waals surface area (Å²) in [6.45, 7) is 0. The van der Waals surface area contributed by atoms with Gasteiger partial charge < -0.3 is 5.11 Å². The zero-order valence-electron chi connectivity index (χ0n) is 11.1. The van der Waals surface area contributed by atoms with Crippen LogP contribution < -0.4 is 5.56 Å². The molecule has 106 valence electrons. The van der Waals surface area contributed by atoms with Crippen LogP contribution in [0.15, 0.2) is 29.1 Å². The number of benzene rings is 1. The molecule has 2 atom stereocenters. The molecule has 2 unspecified atom stereocenters. The average molecular weight is 291 g/mol. The van der Waals surface area contributed by atoms with Crippen LogP contribution in [0, 0.1) is 5.92 Å². The van der Waals surface area contributed by atoms with Crippen molar-refractivity contribution < 1.29 is 9.90 Å². The SMILES string of the molecule is O=C(O)C1CCCCCC1n1sc2ccccc2c1=O. The van der Waals surface area contributed by atoms with Crippen molar-refractivity contribution in [3.63, 3.8) is 0 Å². The highest BCUT2D eigenvalue weighted by Gasteiger charge is 2.32. The van der Waals surface area contributed by atoms with Gasteiger partial charge in [0.25, 0.3) is 5.56 Å². The summed E-state index contributed by atoms with van der Waals surface area (Å²) in [5.41, 5.74) is -0.0382. The van der Waals surface area contributed by atoms with Crippen molar-refractivity contribution in [2.45, 2.75) is 38.1 Å². The van der Waals surface area contributed by atoms with Crippen molar-refractivity contribution in [1.29, 1.82) is 0 Å². The first-order valence-electron chi connectivity index (χ1n) is 7.02. The summed E-state index contributed by atoms with van der Waals surface area (Å²) in [7, 11) is 0. The highest BCUT2D eigenvalue weighted by molar-refractivity contribution is 7.13. The Balaban J connectivity index is 2.09. The van der Waals surface area contributed by atoms with E-state index in [4.69, 9.17) is 0 Å². The summed E-state index contributed by atoms with van der Waals surface area (Å²) in [5, 5.41) is 10.1. The molecular weight excluding hydrogens is 274 g/mol. The van der Waals surface area contributed by atoms with E-state index in [0.29, 0.717) is 11.8 Å². The zero-order valence-corrected chi connectivity index (χ0v) is 11.9. The van der Waals surface area contributed by atoms with Gasteiger partial charge in [0, 0.05) is 0 Å². The van der Waals surface area contributed by atoms with E-state index in [0.717, 1.165) is 30.4 Å². The predicted molar refractivity (Wildman–Crippen MR) is 79.3 cm³/mol. The fraction of sp³-hybridized carbons (Fsp3) is 0.467. The zero-order chi connectivity index (χ0) is 14.1. The summed E-state index contributed by atoms with van der Waals surface area (Å²) < 4.78 is 2.64. The van der Waals surface area contributed by atoms with E-state index in [2.05, 4.69) is 0 Å². The second-order valence-corrected chi connectivity index (χ2v) is 6.38. The summed E-state index contributed by atoms with van der Waals surface area (Å²) in [6.07, 6.45) is 4.44. The van der Waals surface area contributed by atoms with Gasteiger partial charge in [-0.3, -0.25) is 13.5 Å². The number of aromatic nitrogens is 1. The Morgan fingerprint density at radius 3 is 2.70 bits per heavy atom. The molecule has 3 rings (SSSR count). The molecule has 1 aliphatic carbocycles. The van der Waals surface area contributed by atoms with Gasteiger partial charge in [0.1, 0.15) is 0 Å². The smallest absolute Gasteiger partial charge is 0.308 e. The van der Waals surface area contributed by atoms with Crippen LogP contribution >= 0.6 is 11.5 Å². The molecule has 1 aliphatic rings. The van der Waals surface area contributed by atoms with Gasteiger partial charge in [-0.25, -0.2) is 0 Å². The highest BCUT2D eigenvalue weighted by Crippen LogP contribution is 2.34. The van der Waals surface area contributed by atoms with Crippen LogP contribution in [-0.2, 0) is 4.79 Å². The minimum atomic E-state index is -0.777. The lowest BCUT2D eigenvalue weighted by atomic mass is 9.95. The van der Waals surface area contributed by atoms with Crippen molar-refractivity contribution in [1.82, 2.24) is 3.96 Å². The maximum absolute atomic E-state index is 12.5. The molecule has 4 nitrogen and oxygen atoms in total. The van der Waals surface area contributed by atoms with Crippen molar-refractivity contribution in [3.05, 3.63) is 34.6 Å². The van der Waals surface area contributed by atoms with Crippen molar-refractivity contribution in [2.75, 3.05) is 0 Å². The Morgan fingerprint density at radius 2 is 1.95 bits per heavy atom. The first-order valence-corrected chi connectivity index (χ1v) is 7.79. The molecule has 1 aromatic carbocycles. The molecule has 1 aromatic heterocycles. The fourth-order valence-corrected chi connectivity index (χ4v) is 4.24. The van der Waals surface area contributed by atoms with Gasteiger partial charge in [0.05, 0.1) is 22.0 Å². The quantitative estimate of drug-likeness (QED) is 0.864.